The second-order valence-corrected chi connectivity index (χ2v) is 8.97. The highest BCUT2D eigenvalue weighted by Gasteiger charge is 2.45. The van der Waals surface area contributed by atoms with Crippen LogP contribution in [0.5, 0.6) is 0 Å². The Morgan fingerprint density at radius 3 is 2.56 bits per heavy atom. The molecule has 1 saturated carbocycles. The molecule has 3 N–H and O–H groups in total. The second kappa shape index (κ2) is 8.98. The van der Waals surface area contributed by atoms with Gasteiger partial charge in [0.1, 0.15) is 5.82 Å². The normalized spacial score (nSPS) is 17.4. The minimum Gasteiger partial charge on any atom is -0.399 e. The zero-order valence-corrected chi connectivity index (χ0v) is 18.3. The standard InChI is InChI=1S/C23H24F2N6O3/c24-17-3-1-15(9-18(17)25)28-22-30-29-21(34-22)20(33)27-16-2-4-19(26-12-16)31-7-5-23(6-8-31)10-14(11-23)13-32/h1-4,9,12,14,32H,5-8,10-11,13H2,(H,27,33)(H,28,30). The Morgan fingerprint density at radius 2 is 1.88 bits per heavy atom. The van der Waals surface area contributed by atoms with Crippen molar-refractivity contribution < 1.29 is 23.1 Å². The zero-order valence-electron chi connectivity index (χ0n) is 18.3. The molecule has 1 spiro atoms. The van der Waals surface area contributed by atoms with Crippen molar-refractivity contribution in [2.75, 3.05) is 35.2 Å². The molecule has 178 valence electrons. The average molecular weight is 470 g/mol. The molecule has 1 aliphatic heterocycles. The lowest BCUT2D eigenvalue weighted by atomic mass is 9.58. The molecule has 34 heavy (non-hydrogen) atoms. The van der Waals surface area contributed by atoms with Crippen molar-refractivity contribution in [2.45, 2.75) is 25.7 Å². The van der Waals surface area contributed by atoms with Crippen LogP contribution in [0.1, 0.15) is 36.4 Å². The lowest BCUT2D eigenvalue weighted by molar-refractivity contribution is -0.00306. The molecule has 0 bridgehead atoms. The summed E-state index contributed by atoms with van der Waals surface area (Å²) in [6, 6.07) is 6.67. The second-order valence-electron chi connectivity index (χ2n) is 8.97. The fourth-order valence-corrected chi connectivity index (χ4v) is 4.81. The van der Waals surface area contributed by atoms with E-state index in [-0.39, 0.29) is 24.2 Å². The van der Waals surface area contributed by atoms with Gasteiger partial charge < -0.3 is 25.1 Å². The van der Waals surface area contributed by atoms with E-state index in [9.17, 15) is 18.7 Å². The molecule has 1 aromatic carbocycles. The summed E-state index contributed by atoms with van der Waals surface area (Å²) in [5.74, 6) is -1.61. The van der Waals surface area contributed by atoms with Gasteiger partial charge in [-0.05, 0) is 61.3 Å². The Labute approximate surface area is 194 Å². The highest BCUT2D eigenvalue weighted by molar-refractivity contribution is 6.00. The number of carbonyl (C=O) groups excluding carboxylic acids is 1. The Morgan fingerprint density at radius 1 is 1.12 bits per heavy atom. The number of halogens is 2. The number of hydrogen-bond acceptors (Lipinski definition) is 8. The van der Waals surface area contributed by atoms with Gasteiger partial charge in [-0.15, -0.1) is 5.10 Å². The number of anilines is 4. The predicted molar refractivity (Wildman–Crippen MR) is 120 cm³/mol. The molecule has 2 aromatic heterocycles. The Bertz CT molecular complexity index is 1170. The third-order valence-corrected chi connectivity index (χ3v) is 6.65. The van der Waals surface area contributed by atoms with Crippen molar-refractivity contribution in [1.29, 1.82) is 0 Å². The molecule has 5 rings (SSSR count). The van der Waals surface area contributed by atoms with Crippen LogP contribution in [0, 0.1) is 23.0 Å². The van der Waals surface area contributed by atoms with Crippen LogP contribution in [-0.2, 0) is 0 Å². The van der Waals surface area contributed by atoms with Gasteiger partial charge in [0.25, 0.3) is 0 Å². The van der Waals surface area contributed by atoms with Gasteiger partial charge in [0.15, 0.2) is 11.6 Å². The molecule has 0 atom stereocenters. The molecule has 9 nitrogen and oxygen atoms in total. The summed E-state index contributed by atoms with van der Waals surface area (Å²) in [5.41, 5.74) is 1.06. The molecule has 0 unspecified atom stereocenters. The van der Waals surface area contributed by atoms with E-state index in [1.165, 1.54) is 6.07 Å². The Balaban J connectivity index is 1.15. The molecular weight excluding hydrogens is 446 g/mol. The van der Waals surface area contributed by atoms with Crippen LogP contribution in [0.4, 0.5) is 32.0 Å². The molecule has 3 aromatic rings. The number of carbonyl (C=O) groups is 1. The summed E-state index contributed by atoms with van der Waals surface area (Å²) in [4.78, 5) is 19.1. The number of pyridine rings is 1. The van der Waals surface area contributed by atoms with Crippen molar-refractivity contribution in [3.8, 4) is 0 Å². The number of aliphatic hydroxyl groups is 1. The SMILES string of the molecule is O=C(Nc1ccc(N2CCC3(CC2)CC(CO)C3)nc1)c1nnc(Nc2ccc(F)c(F)c2)o1. The van der Waals surface area contributed by atoms with E-state index in [0.717, 1.165) is 56.7 Å². The number of hydrogen-bond donors (Lipinski definition) is 3. The van der Waals surface area contributed by atoms with Gasteiger partial charge in [-0.25, -0.2) is 13.8 Å². The van der Waals surface area contributed by atoms with Crippen LogP contribution in [0.2, 0.25) is 0 Å². The number of rotatable bonds is 6. The first-order chi connectivity index (χ1) is 16.4. The molecule has 1 saturated heterocycles. The molecule has 0 radical (unpaired) electrons. The van der Waals surface area contributed by atoms with E-state index in [1.807, 2.05) is 6.07 Å². The van der Waals surface area contributed by atoms with Crippen LogP contribution in [0.25, 0.3) is 0 Å². The van der Waals surface area contributed by atoms with Gasteiger partial charge in [-0.1, -0.05) is 5.10 Å². The third-order valence-electron chi connectivity index (χ3n) is 6.65. The van der Waals surface area contributed by atoms with Crippen LogP contribution in [0.3, 0.4) is 0 Å². The van der Waals surface area contributed by atoms with E-state index in [4.69, 9.17) is 4.42 Å². The van der Waals surface area contributed by atoms with Crippen LogP contribution in [0.15, 0.2) is 40.9 Å². The maximum absolute atomic E-state index is 13.3. The number of piperidine rings is 1. The number of nitrogens with zero attached hydrogens (tertiary/aromatic N) is 4. The fourth-order valence-electron chi connectivity index (χ4n) is 4.81. The van der Waals surface area contributed by atoms with Crippen molar-refractivity contribution in [3.63, 3.8) is 0 Å². The maximum atomic E-state index is 13.3. The number of aliphatic hydroxyl groups excluding tert-OH is 1. The number of aromatic nitrogens is 3. The van der Waals surface area contributed by atoms with Gasteiger partial charge in [0.05, 0.1) is 11.9 Å². The monoisotopic (exact) mass is 470 g/mol. The van der Waals surface area contributed by atoms with Crippen molar-refractivity contribution in [3.05, 3.63) is 54.1 Å². The van der Waals surface area contributed by atoms with Crippen LogP contribution >= 0.6 is 0 Å². The minimum absolute atomic E-state index is 0.135. The van der Waals surface area contributed by atoms with Crippen molar-refractivity contribution in [2.24, 2.45) is 11.3 Å². The van der Waals surface area contributed by atoms with Gasteiger partial charge in [-0.3, -0.25) is 4.79 Å². The van der Waals surface area contributed by atoms with E-state index in [2.05, 4.69) is 30.7 Å². The smallest absolute Gasteiger partial charge is 0.320 e. The maximum Gasteiger partial charge on any atom is 0.320 e. The highest BCUT2D eigenvalue weighted by atomic mass is 19.2. The predicted octanol–water partition coefficient (Wildman–Crippen LogP) is 3.73. The third kappa shape index (κ3) is 4.56. The quantitative estimate of drug-likeness (QED) is 0.499. The number of amides is 1. The molecule has 3 heterocycles. The molecular formula is C23H24F2N6O3. The van der Waals surface area contributed by atoms with Crippen LogP contribution < -0.4 is 15.5 Å². The average Bonchev–Trinajstić information content (AvgIpc) is 3.29. The lowest BCUT2D eigenvalue weighted by Gasteiger charge is -2.52. The summed E-state index contributed by atoms with van der Waals surface area (Å²) in [6.45, 7) is 2.13. The van der Waals surface area contributed by atoms with Gasteiger partial charge in [-0.2, -0.15) is 0 Å². The Hall–Kier alpha value is -3.60. The minimum atomic E-state index is -1.03. The van der Waals surface area contributed by atoms with E-state index in [1.54, 1.807) is 12.3 Å². The number of nitrogens with one attached hydrogen (secondary N) is 2. The van der Waals surface area contributed by atoms with Crippen LogP contribution in [-0.4, -0.2) is 45.9 Å². The van der Waals surface area contributed by atoms with Gasteiger partial charge >= 0.3 is 17.8 Å². The number of benzene rings is 1. The first kappa shape index (κ1) is 22.2. The molecule has 1 aliphatic carbocycles. The van der Waals surface area contributed by atoms with Gasteiger partial charge in [0.2, 0.25) is 0 Å². The summed E-state index contributed by atoms with van der Waals surface area (Å²) in [5, 5.41) is 21.9. The fraction of sp³-hybridized carbons (Fsp3) is 0.391. The lowest BCUT2D eigenvalue weighted by Crippen LogP contribution is -2.48. The van der Waals surface area contributed by atoms with Crippen molar-refractivity contribution in [1.82, 2.24) is 15.2 Å². The topological polar surface area (TPSA) is 116 Å². The zero-order chi connectivity index (χ0) is 23.7. The molecule has 2 aliphatic rings. The largest absolute Gasteiger partial charge is 0.399 e. The van der Waals surface area contributed by atoms with E-state index < -0.39 is 17.5 Å². The molecule has 11 heteroatoms. The summed E-state index contributed by atoms with van der Waals surface area (Å²) in [7, 11) is 0. The Kier molecular flexibility index (Phi) is 5.86. The van der Waals surface area contributed by atoms with Gasteiger partial charge in [0, 0.05) is 31.5 Å². The first-order valence-electron chi connectivity index (χ1n) is 11.1. The van der Waals surface area contributed by atoms with Crippen molar-refractivity contribution >= 4 is 29.1 Å². The summed E-state index contributed by atoms with van der Waals surface area (Å²) in [6.07, 6.45) is 6.00. The highest BCUT2D eigenvalue weighted by Crippen LogP contribution is 2.52. The van der Waals surface area contributed by atoms with E-state index >= 15 is 0 Å². The molecule has 1 amide bonds. The molecule has 2 fully saturated rings. The summed E-state index contributed by atoms with van der Waals surface area (Å²) < 4.78 is 31.6. The summed E-state index contributed by atoms with van der Waals surface area (Å²) >= 11 is 0. The van der Waals surface area contributed by atoms with E-state index in [0.29, 0.717) is 17.0 Å². The first-order valence-corrected chi connectivity index (χ1v) is 11.1.